The smallest absolute Gasteiger partial charge is 0.272 e. The number of piperazine rings is 1. The van der Waals surface area contributed by atoms with Crippen molar-refractivity contribution in [2.24, 2.45) is 0 Å². The Morgan fingerprint density at radius 3 is 2.59 bits per heavy atom. The van der Waals surface area contributed by atoms with E-state index >= 15 is 0 Å². The second-order valence-corrected chi connectivity index (χ2v) is 7.81. The van der Waals surface area contributed by atoms with Crippen molar-refractivity contribution in [3.63, 3.8) is 0 Å². The van der Waals surface area contributed by atoms with Gasteiger partial charge >= 0.3 is 0 Å². The van der Waals surface area contributed by atoms with E-state index in [2.05, 4.69) is 22.0 Å². The maximum Gasteiger partial charge on any atom is 0.272 e. The second-order valence-electron chi connectivity index (χ2n) is 6.50. The summed E-state index contributed by atoms with van der Waals surface area (Å²) < 4.78 is 2.51. The van der Waals surface area contributed by atoms with Gasteiger partial charge in [0.2, 0.25) is 5.91 Å². The fourth-order valence-corrected chi connectivity index (χ4v) is 4.47. The number of anilines is 1. The van der Waals surface area contributed by atoms with Crippen molar-refractivity contribution in [2.45, 2.75) is 13.0 Å². The zero-order chi connectivity index (χ0) is 18.8. The maximum absolute atomic E-state index is 12.6. The molecule has 0 aliphatic carbocycles. The third kappa shape index (κ3) is 3.68. The van der Waals surface area contributed by atoms with E-state index in [0.717, 1.165) is 18.6 Å². The van der Waals surface area contributed by atoms with Gasteiger partial charge in [0.05, 0.1) is 5.52 Å². The molecule has 1 fully saturated rings. The topological polar surface area (TPSA) is 61.3 Å². The van der Waals surface area contributed by atoms with Crippen LogP contribution in [0.2, 0.25) is 0 Å². The molecule has 8 heteroatoms. The number of fused-ring (bicyclic) bond motifs is 1. The molecule has 0 bridgehead atoms. The van der Waals surface area contributed by atoms with E-state index in [1.807, 2.05) is 34.5 Å². The van der Waals surface area contributed by atoms with Crippen molar-refractivity contribution >= 4 is 45.4 Å². The van der Waals surface area contributed by atoms with Crippen molar-refractivity contribution in [1.82, 2.24) is 14.5 Å². The van der Waals surface area contributed by atoms with Gasteiger partial charge in [-0.25, -0.2) is 0 Å². The minimum absolute atomic E-state index is 0.0651. The molecule has 140 valence electrons. The Bertz CT molecular complexity index is 1060. The third-order valence-corrected chi connectivity index (χ3v) is 6.12. The van der Waals surface area contributed by atoms with Crippen LogP contribution in [-0.2, 0) is 11.3 Å². The molecule has 6 nitrogen and oxygen atoms in total. The maximum atomic E-state index is 12.6. The Balaban J connectivity index is 1.38. The van der Waals surface area contributed by atoms with Crippen LogP contribution < -0.4 is 10.5 Å². The molecule has 1 saturated heterocycles. The van der Waals surface area contributed by atoms with E-state index < -0.39 is 0 Å². The number of aromatic nitrogens is 2. The number of para-hydroxylation sites is 1. The number of thiophene rings is 1. The minimum atomic E-state index is -0.120. The van der Waals surface area contributed by atoms with E-state index in [1.165, 1.54) is 21.6 Å². The normalized spacial score (nSPS) is 14.7. The number of H-pyrrole nitrogens is 1. The lowest BCUT2D eigenvalue weighted by Crippen LogP contribution is -2.49. The lowest BCUT2D eigenvalue weighted by Gasteiger charge is -2.36. The Hall–Kier alpha value is -2.45. The number of aromatic amines is 1. The number of hydrogen-bond donors (Lipinski definition) is 1. The van der Waals surface area contributed by atoms with E-state index in [1.54, 1.807) is 0 Å². The number of carbonyl (C=O) groups excluding carboxylic acids is 1. The summed E-state index contributed by atoms with van der Waals surface area (Å²) in [4.78, 5) is 32.4. The highest BCUT2D eigenvalue weighted by Crippen LogP contribution is 2.16. The molecular weight excluding hydrogens is 380 g/mol. The second kappa shape index (κ2) is 7.66. The first-order chi connectivity index (χ1) is 13.1. The molecule has 1 N–H and O–H groups in total. The van der Waals surface area contributed by atoms with Gasteiger partial charge < -0.3 is 14.8 Å². The highest BCUT2D eigenvalue weighted by atomic mass is 32.1. The SMILES string of the molecule is O=C(CCn1c(=S)[nH]c2ccsc2c1=O)N1CCN(c2ccccc2)CC1. The van der Waals surface area contributed by atoms with Gasteiger partial charge in [-0.2, -0.15) is 0 Å². The van der Waals surface area contributed by atoms with E-state index in [9.17, 15) is 9.59 Å². The summed E-state index contributed by atoms with van der Waals surface area (Å²) in [5.41, 5.74) is 1.83. The van der Waals surface area contributed by atoms with Crippen LogP contribution in [0.1, 0.15) is 6.42 Å². The van der Waals surface area contributed by atoms with Gasteiger partial charge in [0.15, 0.2) is 4.77 Å². The molecule has 1 aliphatic heterocycles. The number of rotatable bonds is 4. The van der Waals surface area contributed by atoms with Gasteiger partial charge in [-0.15, -0.1) is 11.3 Å². The van der Waals surface area contributed by atoms with Crippen LogP contribution in [-0.4, -0.2) is 46.5 Å². The number of carbonyl (C=O) groups is 1. The lowest BCUT2D eigenvalue weighted by atomic mass is 10.2. The molecule has 1 aromatic carbocycles. The molecule has 0 radical (unpaired) electrons. The van der Waals surface area contributed by atoms with Gasteiger partial charge in [-0.05, 0) is 35.8 Å². The molecule has 0 saturated carbocycles. The quantitative estimate of drug-likeness (QED) is 0.684. The fourth-order valence-electron chi connectivity index (χ4n) is 3.39. The third-order valence-electron chi connectivity index (χ3n) is 4.89. The zero-order valence-electron chi connectivity index (χ0n) is 14.8. The molecule has 0 spiro atoms. The molecular formula is C19H20N4O2S2. The Morgan fingerprint density at radius 1 is 1.11 bits per heavy atom. The number of amides is 1. The van der Waals surface area contributed by atoms with Crippen molar-refractivity contribution in [3.05, 3.63) is 56.9 Å². The van der Waals surface area contributed by atoms with Gasteiger partial charge in [-0.3, -0.25) is 14.2 Å². The van der Waals surface area contributed by atoms with Crippen LogP contribution in [0.3, 0.4) is 0 Å². The summed E-state index contributed by atoms with van der Waals surface area (Å²) in [5.74, 6) is 0.0651. The molecule has 2 aromatic heterocycles. The predicted octanol–water partition coefficient (Wildman–Crippen LogP) is 2.86. The van der Waals surface area contributed by atoms with Gasteiger partial charge in [0.1, 0.15) is 4.70 Å². The van der Waals surface area contributed by atoms with Crippen molar-refractivity contribution < 1.29 is 4.79 Å². The molecule has 27 heavy (non-hydrogen) atoms. The van der Waals surface area contributed by atoms with E-state index in [-0.39, 0.29) is 17.9 Å². The van der Waals surface area contributed by atoms with Crippen LogP contribution in [0.4, 0.5) is 5.69 Å². The first kappa shape index (κ1) is 17.9. The molecule has 0 atom stereocenters. The average molecular weight is 401 g/mol. The molecule has 1 amide bonds. The van der Waals surface area contributed by atoms with Crippen LogP contribution >= 0.6 is 23.6 Å². The van der Waals surface area contributed by atoms with Crippen molar-refractivity contribution in [2.75, 3.05) is 31.1 Å². The summed E-state index contributed by atoms with van der Waals surface area (Å²) in [6.45, 7) is 3.33. The van der Waals surface area contributed by atoms with Crippen molar-refractivity contribution in [1.29, 1.82) is 0 Å². The summed E-state index contributed by atoms with van der Waals surface area (Å²) in [7, 11) is 0. The summed E-state index contributed by atoms with van der Waals surface area (Å²) in [6, 6.07) is 12.1. The predicted molar refractivity (Wildman–Crippen MR) is 111 cm³/mol. The van der Waals surface area contributed by atoms with Gasteiger partial charge in [0, 0.05) is 44.8 Å². The van der Waals surface area contributed by atoms with Gasteiger partial charge in [0.25, 0.3) is 5.56 Å². The fraction of sp³-hybridized carbons (Fsp3) is 0.316. The van der Waals surface area contributed by atoms with E-state index in [4.69, 9.17) is 12.2 Å². The molecule has 3 aromatic rings. The van der Waals surface area contributed by atoms with Crippen LogP contribution in [0, 0.1) is 4.77 Å². The number of hydrogen-bond acceptors (Lipinski definition) is 5. The molecule has 4 rings (SSSR count). The Labute approximate surface area is 165 Å². The van der Waals surface area contributed by atoms with Gasteiger partial charge in [-0.1, -0.05) is 18.2 Å². The van der Waals surface area contributed by atoms with E-state index in [0.29, 0.717) is 29.1 Å². The summed E-state index contributed by atoms with van der Waals surface area (Å²) in [6.07, 6.45) is 0.277. The lowest BCUT2D eigenvalue weighted by molar-refractivity contribution is -0.131. The zero-order valence-corrected chi connectivity index (χ0v) is 16.4. The highest BCUT2D eigenvalue weighted by Gasteiger charge is 2.21. The Morgan fingerprint density at radius 2 is 1.85 bits per heavy atom. The highest BCUT2D eigenvalue weighted by molar-refractivity contribution is 7.71. The van der Waals surface area contributed by atoms with Crippen LogP contribution in [0.5, 0.6) is 0 Å². The minimum Gasteiger partial charge on any atom is -0.368 e. The first-order valence-electron chi connectivity index (χ1n) is 8.91. The van der Waals surface area contributed by atoms with Crippen LogP contribution in [0.15, 0.2) is 46.6 Å². The first-order valence-corrected chi connectivity index (χ1v) is 10.2. The van der Waals surface area contributed by atoms with Crippen LogP contribution in [0.25, 0.3) is 10.2 Å². The molecule has 1 aliphatic rings. The standard InChI is InChI=1S/C19H20N4O2S2/c24-16(22-11-9-21(10-12-22)14-4-2-1-3-5-14)6-8-23-18(25)17-15(7-13-27-17)20-19(23)26/h1-5,7,13H,6,8-12H2,(H,20,26). The average Bonchev–Trinajstić information content (AvgIpc) is 3.17. The number of nitrogens with one attached hydrogen (secondary N) is 1. The molecule has 0 unspecified atom stereocenters. The summed E-state index contributed by atoms with van der Waals surface area (Å²) in [5, 5.41) is 1.86. The molecule has 3 heterocycles. The Kier molecular flexibility index (Phi) is 5.09. The summed E-state index contributed by atoms with van der Waals surface area (Å²) >= 11 is 6.68. The van der Waals surface area contributed by atoms with Crippen molar-refractivity contribution in [3.8, 4) is 0 Å². The number of nitrogens with zero attached hydrogens (tertiary/aromatic N) is 3. The monoisotopic (exact) mass is 400 g/mol. The number of benzene rings is 1. The largest absolute Gasteiger partial charge is 0.368 e.